The first-order valence-corrected chi connectivity index (χ1v) is 12.3. The van der Waals surface area contributed by atoms with Crippen LogP contribution < -0.4 is 5.32 Å². The predicted octanol–water partition coefficient (Wildman–Crippen LogP) is 2.16. The van der Waals surface area contributed by atoms with Crippen LogP contribution in [0.4, 0.5) is 0 Å². The fraction of sp³-hybridized carbons (Fsp3) is 0.913. The summed E-state index contributed by atoms with van der Waals surface area (Å²) in [6, 6.07) is 0.517. The Morgan fingerprint density at radius 3 is 2.42 bits per heavy atom. The molecule has 3 aliphatic heterocycles. The van der Waals surface area contributed by atoms with Crippen LogP contribution in [0.2, 0.25) is 0 Å². The van der Waals surface area contributed by atoms with E-state index >= 15 is 0 Å². The summed E-state index contributed by atoms with van der Waals surface area (Å²) >= 11 is 0. The zero-order chi connectivity index (χ0) is 20.7. The van der Waals surface area contributed by atoms with E-state index in [-0.39, 0.29) is 30.0 Å². The molecule has 0 radical (unpaired) electrons. The van der Waals surface area contributed by atoms with E-state index in [0.717, 1.165) is 71.2 Å². The van der Waals surface area contributed by atoms with Gasteiger partial charge in [-0.15, -0.1) is 24.0 Å². The average Bonchev–Trinajstić information content (AvgIpc) is 3.40. The molecule has 3 saturated heterocycles. The van der Waals surface area contributed by atoms with Gasteiger partial charge in [0.2, 0.25) is 5.91 Å². The Morgan fingerprint density at radius 1 is 1.10 bits per heavy atom. The van der Waals surface area contributed by atoms with E-state index in [1.807, 2.05) is 0 Å². The number of fused-ring (bicyclic) bond motifs is 2. The summed E-state index contributed by atoms with van der Waals surface area (Å²) in [7, 11) is 0. The molecule has 7 nitrogen and oxygen atoms in total. The predicted molar refractivity (Wildman–Crippen MR) is 133 cm³/mol. The highest BCUT2D eigenvalue weighted by Crippen LogP contribution is 2.62. The van der Waals surface area contributed by atoms with Crippen LogP contribution >= 0.6 is 24.0 Å². The molecule has 0 aromatic rings. The molecule has 8 heteroatoms. The number of hydrogen-bond donors (Lipinski definition) is 1. The van der Waals surface area contributed by atoms with Gasteiger partial charge in [0.1, 0.15) is 0 Å². The van der Waals surface area contributed by atoms with Crippen LogP contribution in [-0.2, 0) is 9.53 Å². The van der Waals surface area contributed by atoms with Gasteiger partial charge in [-0.25, -0.2) is 0 Å². The first-order valence-electron chi connectivity index (χ1n) is 12.3. The molecule has 0 aromatic carbocycles. The third-order valence-corrected chi connectivity index (χ3v) is 8.57. The molecule has 2 saturated carbocycles. The van der Waals surface area contributed by atoms with Crippen molar-refractivity contribution in [3.05, 3.63) is 0 Å². The van der Waals surface area contributed by atoms with Gasteiger partial charge in [0.25, 0.3) is 0 Å². The highest BCUT2D eigenvalue weighted by Gasteiger charge is 2.66. The molecule has 31 heavy (non-hydrogen) atoms. The number of ether oxygens (including phenoxy) is 1. The number of carbonyl (C=O) groups is 1. The lowest BCUT2D eigenvalue weighted by Gasteiger charge is -2.63. The number of likely N-dealkylation sites (tertiary alicyclic amines) is 1. The molecule has 1 spiro atoms. The number of hydrogen-bond acceptors (Lipinski definition) is 4. The first-order chi connectivity index (χ1) is 14.6. The van der Waals surface area contributed by atoms with E-state index in [4.69, 9.17) is 9.73 Å². The lowest BCUT2D eigenvalue weighted by Crippen LogP contribution is -2.73. The van der Waals surface area contributed by atoms with Gasteiger partial charge >= 0.3 is 0 Å². The van der Waals surface area contributed by atoms with Crippen molar-refractivity contribution >= 4 is 35.8 Å². The minimum Gasteiger partial charge on any atom is -0.377 e. The van der Waals surface area contributed by atoms with Crippen LogP contribution in [0, 0.1) is 11.3 Å². The average molecular weight is 546 g/mol. The first kappa shape index (κ1) is 23.5. The molecule has 1 N–H and O–H groups in total. The maximum atomic E-state index is 12.8. The highest BCUT2D eigenvalue weighted by molar-refractivity contribution is 14.0. The zero-order valence-corrected chi connectivity index (χ0v) is 21.6. The second-order valence-corrected chi connectivity index (χ2v) is 9.98. The van der Waals surface area contributed by atoms with E-state index in [9.17, 15) is 4.79 Å². The summed E-state index contributed by atoms with van der Waals surface area (Å²) in [6.07, 6.45) is 7.93. The Morgan fingerprint density at radius 2 is 1.81 bits per heavy atom. The highest BCUT2D eigenvalue weighted by atomic mass is 127. The van der Waals surface area contributed by atoms with E-state index < -0.39 is 0 Å². The summed E-state index contributed by atoms with van der Waals surface area (Å²) in [5.41, 5.74) is 0.369. The summed E-state index contributed by atoms with van der Waals surface area (Å²) in [5, 5.41) is 3.90. The second kappa shape index (κ2) is 9.71. The number of carbonyl (C=O) groups excluding carboxylic acids is 1. The van der Waals surface area contributed by atoms with Crippen LogP contribution in [0.15, 0.2) is 4.99 Å². The van der Waals surface area contributed by atoms with Gasteiger partial charge in [-0.2, -0.15) is 0 Å². The standard InChI is InChI=1S/C23H39N5O2.HI/c1-3-24-22(25-19-18-7-16-30-20(18)23(19)8-6-9-23)28-14-12-26(13-15-28)17(2)21(29)27-10-4-5-11-27;/h17-20H,3-16H2,1-2H3,(H,24,25);1H. The lowest BCUT2D eigenvalue weighted by atomic mass is 9.46. The number of amides is 1. The van der Waals surface area contributed by atoms with Gasteiger partial charge in [-0.3, -0.25) is 14.7 Å². The van der Waals surface area contributed by atoms with Gasteiger partial charge in [0.15, 0.2) is 5.96 Å². The molecule has 176 valence electrons. The van der Waals surface area contributed by atoms with Crippen molar-refractivity contribution in [2.45, 2.75) is 70.6 Å². The minimum atomic E-state index is -0.00829. The summed E-state index contributed by atoms with van der Waals surface area (Å²) in [5.74, 6) is 2.05. The fourth-order valence-corrected chi connectivity index (χ4v) is 6.66. The summed E-state index contributed by atoms with van der Waals surface area (Å²) in [4.78, 5) is 24.5. The van der Waals surface area contributed by atoms with Crippen molar-refractivity contribution in [3.63, 3.8) is 0 Å². The van der Waals surface area contributed by atoms with Crippen molar-refractivity contribution in [3.8, 4) is 0 Å². The molecule has 0 aromatic heterocycles. The number of rotatable bonds is 4. The van der Waals surface area contributed by atoms with Crippen LogP contribution in [-0.4, -0.2) is 97.2 Å². The number of guanidine groups is 1. The Labute approximate surface area is 204 Å². The molecule has 4 atom stereocenters. The molecule has 0 bridgehead atoms. The molecule has 4 unspecified atom stereocenters. The summed E-state index contributed by atoms with van der Waals surface area (Å²) < 4.78 is 6.10. The van der Waals surface area contributed by atoms with Crippen molar-refractivity contribution < 1.29 is 9.53 Å². The van der Waals surface area contributed by atoms with E-state index in [2.05, 4.69) is 33.9 Å². The van der Waals surface area contributed by atoms with Crippen LogP contribution in [0.5, 0.6) is 0 Å². The minimum absolute atomic E-state index is 0. The van der Waals surface area contributed by atoms with Crippen molar-refractivity contribution in [1.82, 2.24) is 20.0 Å². The third-order valence-electron chi connectivity index (χ3n) is 8.57. The molecule has 5 rings (SSSR count). The molecule has 5 aliphatic rings. The van der Waals surface area contributed by atoms with Crippen molar-refractivity contribution in [1.29, 1.82) is 0 Å². The number of piperazine rings is 1. The number of nitrogens with one attached hydrogen (secondary N) is 1. The van der Waals surface area contributed by atoms with Crippen LogP contribution in [0.1, 0.15) is 52.4 Å². The smallest absolute Gasteiger partial charge is 0.239 e. The molecule has 3 heterocycles. The molecule has 5 fully saturated rings. The van der Waals surface area contributed by atoms with E-state index in [1.54, 1.807) is 0 Å². The molecular formula is C23H40IN5O2. The largest absolute Gasteiger partial charge is 0.377 e. The Kier molecular flexibility index (Phi) is 7.38. The maximum Gasteiger partial charge on any atom is 0.239 e. The lowest BCUT2D eigenvalue weighted by molar-refractivity contribution is -0.171. The van der Waals surface area contributed by atoms with Crippen molar-refractivity contribution in [2.24, 2.45) is 16.3 Å². The maximum absolute atomic E-state index is 12.8. The van der Waals surface area contributed by atoms with Crippen molar-refractivity contribution in [2.75, 3.05) is 52.4 Å². The van der Waals surface area contributed by atoms with E-state index in [0.29, 0.717) is 29.4 Å². The van der Waals surface area contributed by atoms with Gasteiger partial charge in [0, 0.05) is 69.8 Å². The Balaban J connectivity index is 0.00000231. The van der Waals surface area contributed by atoms with Gasteiger partial charge in [-0.1, -0.05) is 6.42 Å². The fourth-order valence-electron chi connectivity index (χ4n) is 6.66. The Bertz CT molecular complexity index is 671. The number of aliphatic imine (C=N–C) groups is 1. The monoisotopic (exact) mass is 545 g/mol. The molecule has 1 amide bonds. The van der Waals surface area contributed by atoms with Gasteiger partial charge in [-0.05, 0) is 46.0 Å². The van der Waals surface area contributed by atoms with Gasteiger partial charge < -0.3 is 19.9 Å². The second-order valence-electron chi connectivity index (χ2n) is 9.98. The normalized spacial score (nSPS) is 33.4. The topological polar surface area (TPSA) is 60.4 Å². The van der Waals surface area contributed by atoms with E-state index in [1.165, 1.54) is 25.7 Å². The molecule has 2 aliphatic carbocycles. The van der Waals surface area contributed by atoms with Gasteiger partial charge in [0.05, 0.1) is 12.1 Å². The SMILES string of the molecule is CCN=C(NC1C2CCOC2C12CCC2)N1CCN(C(C)C(=O)N2CCCC2)CC1.I. The van der Waals surface area contributed by atoms with Crippen LogP contribution in [0.3, 0.4) is 0 Å². The number of halogens is 1. The zero-order valence-electron chi connectivity index (χ0n) is 19.2. The third kappa shape index (κ3) is 4.09. The molecular weight excluding hydrogens is 505 g/mol. The number of nitrogens with zero attached hydrogens (tertiary/aromatic N) is 4. The summed E-state index contributed by atoms with van der Waals surface area (Å²) in [6.45, 7) is 11.5. The quantitative estimate of drug-likeness (QED) is 0.334. The Hall–Kier alpha value is -0.610. The van der Waals surface area contributed by atoms with Crippen LogP contribution in [0.25, 0.3) is 0 Å².